The van der Waals surface area contributed by atoms with Gasteiger partial charge in [-0.2, -0.15) is 4.98 Å². The van der Waals surface area contributed by atoms with Crippen LogP contribution in [0.4, 0.5) is 23.1 Å². The number of aromatic nitrogens is 2. The first-order valence-electron chi connectivity index (χ1n) is 8.51. The molecule has 132 valence electrons. The van der Waals surface area contributed by atoms with Crippen LogP contribution in [0.2, 0.25) is 0 Å². The molecule has 1 aliphatic rings. The van der Waals surface area contributed by atoms with E-state index < -0.39 is 0 Å². The van der Waals surface area contributed by atoms with E-state index in [-0.39, 0.29) is 0 Å². The van der Waals surface area contributed by atoms with Crippen molar-refractivity contribution < 1.29 is 4.74 Å². The summed E-state index contributed by atoms with van der Waals surface area (Å²) in [5.41, 5.74) is 3.13. The van der Waals surface area contributed by atoms with Crippen LogP contribution < -0.4 is 19.9 Å². The van der Waals surface area contributed by atoms with Crippen LogP contribution in [0.25, 0.3) is 0 Å². The van der Waals surface area contributed by atoms with E-state index in [1.807, 2.05) is 61.8 Å². The second kappa shape index (κ2) is 6.92. The van der Waals surface area contributed by atoms with Crippen molar-refractivity contribution in [1.82, 2.24) is 9.97 Å². The van der Waals surface area contributed by atoms with E-state index >= 15 is 0 Å². The number of ether oxygens (including phenoxy) is 1. The molecular weight excluding hydrogens is 326 g/mol. The Morgan fingerprint density at radius 2 is 1.81 bits per heavy atom. The molecular formula is C20H21N5O. The topological polar surface area (TPSA) is 53.5 Å². The minimum Gasteiger partial charge on any atom is -0.495 e. The summed E-state index contributed by atoms with van der Waals surface area (Å²) in [7, 11) is 3.74. The maximum absolute atomic E-state index is 5.51. The second-order valence-electron chi connectivity index (χ2n) is 6.24. The fourth-order valence-electron chi connectivity index (χ4n) is 3.18. The standard InChI is InChI=1S/C20H21N5O/c1-24-14-25(17-10-6-7-11-18(17)26-2)13-15-12-21-20(23-19(15)24)22-16-8-4-3-5-9-16/h3-12H,13-14H2,1-2H3,(H,21,22,23). The third-order valence-corrected chi connectivity index (χ3v) is 4.40. The zero-order valence-corrected chi connectivity index (χ0v) is 14.9. The Bertz CT molecular complexity index is 900. The molecule has 4 rings (SSSR count). The molecule has 1 N–H and O–H groups in total. The molecule has 3 aromatic rings. The third-order valence-electron chi connectivity index (χ3n) is 4.40. The molecule has 0 aliphatic carbocycles. The molecule has 0 unspecified atom stereocenters. The van der Waals surface area contributed by atoms with Crippen LogP contribution in [0.15, 0.2) is 60.8 Å². The average Bonchev–Trinajstić information content (AvgIpc) is 2.69. The molecule has 2 aromatic carbocycles. The van der Waals surface area contributed by atoms with Crippen molar-refractivity contribution in [2.24, 2.45) is 0 Å². The summed E-state index contributed by atoms with van der Waals surface area (Å²) in [6, 6.07) is 18.0. The van der Waals surface area contributed by atoms with E-state index in [1.165, 1.54) is 0 Å². The number of nitrogens with one attached hydrogen (secondary N) is 1. The number of nitrogens with zero attached hydrogens (tertiary/aromatic N) is 4. The number of hydrogen-bond acceptors (Lipinski definition) is 6. The summed E-state index contributed by atoms with van der Waals surface area (Å²) >= 11 is 0. The van der Waals surface area contributed by atoms with Gasteiger partial charge in [-0.3, -0.25) is 0 Å². The van der Waals surface area contributed by atoms with E-state index in [0.29, 0.717) is 5.95 Å². The molecule has 0 fully saturated rings. The van der Waals surface area contributed by atoms with E-state index in [0.717, 1.165) is 41.7 Å². The molecule has 0 saturated carbocycles. The molecule has 0 radical (unpaired) electrons. The summed E-state index contributed by atoms with van der Waals surface area (Å²) < 4.78 is 5.51. The van der Waals surface area contributed by atoms with Gasteiger partial charge in [0.2, 0.25) is 5.95 Å². The molecule has 0 bridgehead atoms. The Morgan fingerprint density at radius 1 is 1.04 bits per heavy atom. The maximum Gasteiger partial charge on any atom is 0.229 e. The van der Waals surface area contributed by atoms with Gasteiger partial charge in [-0.25, -0.2) is 4.98 Å². The lowest BCUT2D eigenvalue weighted by Crippen LogP contribution is -2.41. The van der Waals surface area contributed by atoms with E-state index in [4.69, 9.17) is 9.72 Å². The van der Waals surface area contributed by atoms with Crippen LogP contribution in [0, 0.1) is 0 Å². The Balaban J connectivity index is 1.60. The maximum atomic E-state index is 5.51. The van der Waals surface area contributed by atoms with Gasteiger partial charge in [-0.1, -0.05) is 30.3 Å². The molecule has 0 spiro atoms. The molecule has 1 aromatic heterocycles. The van der Waals surface area contributed by atoms with Gasteiger partial charge in [-0.15, -0.1) is 0 Å². The summed E-state index contributed by atoms with van der Waals surface area (Å²) in [6.07, 6.45) is 1.89. The number of rotatable bonds is 4. The Labute approximate surface area is 153 Å². The van der Waals surface area contributed by atoms with Crippen LogP contribution in [0.5, 0.6) is 5.75 Å². The number of hydrogen-bond donors (Lipinski definition) is 1. The lowest BCUT2D eigenvalue weighted by molar-refractivity contribution is 0.414. The summed E-state index contributed by atoms with van der Waals surface area (Å²) in [6.45, 7) is 1.47. The number of benzene rings is 2. The Hall–Kier alpha value is -3.28. The van der Waals surface area contributed by atoms with E-state index in [9.17, 15) is 0 Å². The van der Waals surface area contributed by atoms with Crippen LogP contribution >= 0.6 is 0 Å². The highest BCUT2D eigenvalue weighted by molar-refractivity contribution is 5.64. The van der Waals surface area contributed by atoms with Crippen LogP contribution in [-0.2, 0) is 6.54 Å². The molecule has 0 amide bonds. The summed E-state index contributed by atoms with van der Waals surface area (Å²) in [5, 5.41) is 3.25. The molecule has 6 nitrogen and oxygen atoms in total. The van der Waals surface area contributed by atoms with Gasteiger partial charge in [0.25, 0.3) is 0 Å². The van der Waals surface area contributed by atoms with Gasteiger partial charge < -0.3 is 19.9 Å². The Morgan fingerprint density at radius 3 is 2.62 bits per heavy atom. The van der Waals surface area contributed by atoms with Crippen molar-refractivity contribution in [2.45, 2.75) is 6.54 Å². The molecule has 0 saturated heterocycles. The predicted octanol–water partition coefficient (Wildman–Crippen LogP) is 3.64. The molecule has 2 heterocycles. The van der Waals surface area contributed by atoms with E-state index in [2.05, 4.69) is 26.2 Å². The average molecular weight is 347 g/mol. The molecule has 6 heteroatoms. The van der Waals surface area contributed by atoms with Gasteiger partial charge >= 0.3 is 0 Å². The van der Waals surface area contributed by atoms with Crippen molar-refractivity contribution in [3.05, 3.63) is 66.4 Å². The number of methoxy groups -OCH3 is 1. The monoisotopic (exact) mass is 347 g/mol. The number of para-hydroxylation sites is 3. The largest absolute Gasteiger partial charge is 0.495 e. The lowest BCUT2D eigenvalue weighted by atomic mass is 10.2. The van der Waals surface area contributed by atoms with Crippen molar-refractivity contribution in [2.75, 3.05) is 35.9 Å². The summed E-state index contributed by atoms with van der Waals surface area (Å²) in [4.78, 5) is 13.6. The highest BCUT2D eigenvalue weighted by Crippen LogP contribution is 2.33. The fraction of sp³-hybridized carbons (Fsp3) is 0.200. The third kappa shape index (κ3) is 3.13. The van der Waals surface area contributed by atoms with Crippen molar-refractivity contribution in [3.8, 4) is 5.75 Å². The molecule has 1 aliphatic heterocycles. The quantitative estimate of drug-likeness (QED) is 0.778. The first-order valence-corrected chi connectivity index (χ1v) is 8.51. The zero-order valence-electron chi connectivity index (χ0n) is 14.9. The van der Waals surface area contributed by atoms with Crippen molar-refractivity contribution >= 4 is 23.1 Å². The predicted molar refractivity (Wildman–Crippen MR) is 104 cm³/mol. The fourth-order valence-corrected chi connectivity index (χ4v) is 3.18. The minimum atomic E-state index is 0.604. The van der Waals surface area contributed by atoms with Crippen LogP contribution in [0.1, 0.15) is 5.56 Å². The number of fused-ring (bicyclic) bond motifs is 1. The first-order chi connectivity index (χ1) is 12.7. The van der Waals surface area contributed by atoms with Gasteiger partial charge in [0, 0.05) is 24.5 Å². The second-order valence-corrected chi connectivity index (χ2v) is 6.24. The molecule has 0 atom stereocenters. The van der Waals surface area contributed by atoms with Crippen molar-refractivity contribution in [3.63, 3.8) is 0 Å². The van der Waals surface area contributed by atoms with Crippen LogP contribution in [0.3, 0.4) is 0 Å². The Kier molecular flexibility index (Phi) is 4.31. The molecule has 26 heavy (non-hydrogen) atoms. The van der Waals surface area contributed by atoms with Crippen molar-refractivity contribution in [1.29, 1.82) is 0 Å². The number of anilines is 4. The van der Waals surface area contributed by atoms with E-state index in [1.54, 1.807) is 7.11 Å². The minimum absolute atomic E-state index is 0.604. The zero-order chi connectivity index (χ0) is 17.9. The SMILES string of the molecule is COc1ccccc1N1Cc2cnc(Nc3ccccc3)nc2N(C)C1. The van der Waals surface area contributed by atoms with Crippen LogP contribution in [-0.4, -0.2) is 30.8 Å². The smallest absolute Gasteiger partial charge is 0.229 e. The summed E-state index contributed by atoms with van der Waals surface area (Å²) in [5.74, 6) is 2.42. The highest BCUT2D eigenvalue weighted by Gasteiger charge is 2.24. The van der Waals surface area contributed by atoms with Gasteiger partial charge in [0.1, 0.15) is 11.6 Å². The van der Waals surface area contributed by atoms with Gasteiger partial charge in [0.15, 0.2) is 0 Å². The first kappa shape index (κ1) is 16.2. The lowest BCUT2D eigenvalue weighted by Gasteiger charge is -2.37. The normalized spacial score (nSPS) is 13.3. The van der Waals surface area contributed by atoms with Gasteiger partial charge in [0.05, 0.1) is 26.0 Å². The van der Waals surface area contributed by atoms with Gasteiger partial charge in [-0.05, 0) is 24.3 Å². The highest BCUT2D eigenvalue weighted by atomic mass is 16.5.